The molecule has 0 radical (unpaired) electrons. The van der Waals surface area contributed by atoms with E-state index in [1.807, 2.05) is 24.3 Å². The van der Waals surface area contributed by atoms with Crippen molar-refractivity contribution in [2.24, 2.45) is 4.99 Å². The molecule has 0 bridgehead atoms. The Bertz CT molecular complexity index is 413. The van der Waals surface area contributed by atoms with Crippen LogP contribution in [-0.2, 0) is 9.53 Å². The molecule has 2 rings (SSSR count). The van der Waals surface area contributed by atoms with Crippen LogP contribution < -0.4 is 5.32 Å². The van der Waals surface area contributed by atoms with E-state index in [1.165, 1.54) is 0 Å². The number of para-hydroxylation sites is 2. The number of nitrogens with zero attached hydrogens (tertiary/aromatic N) is 1. The Morgan fingerprint density at radius 3 is 3.13 bits per heavy atom. The summed E-state index contributed by atoms with van der Waals surface area (Å²) in [7, 11) is 0. The molecule has 1 aromatic rings. The van der Waals surface area contributed by atoms with Crippen molar-refractivity contribution < 1.29 is 9.53 Å². The minimum atomic E-state index is -0.348. The maximum Gasteiger partial charge on any atom is 0.354 e. The first-order chi connectivity index (χ1) is 7.31. The van der Waals surface area contributed by atoms with E-state index >= 15 is 0 Å². The van der Waals surface area contributed by atoms with Crippen molar-refractivity contribution in [3.8, 4) is 0 Å². The lowest BCUT2D eigenvalue weighted by Gasteiger charge is -2.16. The molecule has 0 amide bonds. The number of benzene rings is 1. The highest BCUT2D eigenvalue weighted by Gasteiger charge is 2.17. The summed E-state index contributed by atoms with van der Waals surface area (Å²) >= 11 is 0. The molecule has 1 aliphatic heterocycles. The maximum absolute atomic E-state index is 11.4. The van der Waals surface area contributed by atoms with Crippen LogP contribution in [0.15, 0.2) is 29.3 Å². The van der Waals surface area contributed by atoms with Gasteiger partial charge in [-0.25, -0.2) is 9.79 Å². The lowest BCUT2D eigenvalue weighted by Crippen LogP contribution is -2.27. The highest BCUT2D eigenvalue weighted by molar-refractivity contribution is 6.39. The van der Waals surface area contributed by atoms with Gasteiger partial charge in [-0.05, 0) is 19.1 Å². The Balaban J connectivity index is 2.25. The summed E-state index contributed by atoms with van der Waals surface area (Å²) in [4.78, 5) is 15.7. The van der Waals surface area contributed by atoms with Crippen LogP contribution in [-0.4, -0.2) is 24.8 Å². The minimum Gasteiger partial charge on any atom is -0.461 e. The topological polar surface area (TPSA) is 50.7 Å². The first-order valence-electron chi connectivity index (χ1n) is 4.89. The molecule has 0 fully saturated rings. The summed E-state index contributed by atoms with van der Waals surface area (Å²) in [5, 5.41) is 3.12. The molecule has 0 spiro atoms. The normalized spacial score (nSPS) is 13.5. The number of carbonyl (C=O) groups is 1. The Hall–Kier alpha value is -1.84. The van der Waals surface area contributed by atoms with Gasteiger partial charge in [0.2, 0.25) is 0 Å². The predicted molar refractivity (Wildman–Crippen MR) is 58.7 cm³/mol. The third kappa shape index (κ3) is 1.98. The molecule has 78 valence electrons. The molecule has 0 atom stereocenters. The van der Waals surface area contributed by atoms with Crippen molar-refractivity contribution in [2.45, 2.75) is 6.92 Å². The third-order valence-corrected chi connectivity index (χ3v) is 2.12. The lowest BCUT2D eigenvalue weighted by atomic mass is 10.2. The number of esters is 1. The fourth-order valence-corrected chi connectivity index (χ4v) is 1.42. The van der Waals surface area contributed by atoms with Gasteiger partial charge < -0.3 is 10.1 Å². The lowest BCUT2D eigenvalue weighted by molar-refractivity contribution is -0.135. The molecular weight excluding hydrogens is 192 g/mol. The average Bonchev–Trinajstić information content (AvgIpc) is 2.29. The summed E-state index contributed by atoms with van der Waals surface area (Å²) in [5.41, 5.74) is 2.16. The highest BCUT2D eigenvalue weighted by Crippen LogP contribution is 2.27. The van der Waals surface area contributed by atoms with Gasteiger partial charge in [-0.3, -0.25) is 0 Å². The average molecular weight is 204 g/mol. The number of rotatable bonds is 2. The molecule has 4 nitrogen and oxygen atoms in total. The number of carbonyl (C=O) groups excluding carboxylic acids is 1. The molecule has 1 aliphatic rings. The Morgan fingerprint density at radius 1 is 1.53 bits per heavy atom. The summed E-state index contributed by atoms with van der Waals surface area (Å²) < 4.78 is 4.89. The van der Waals surface area contributed by atoms with Crippen molar-refractivity contribution >= 4 is 23.1 Å². The molecule has 1 aromatic carbocycles. The monoisotopic (exact) mass is 204 g/mol. The van der Waals surface area contributed by atoms with E-state index in [-0.39, 0.29) is 5.97 Å². The summed E-state index contributed by atoms with van der Waals surface area (Å²) in [6, 6.07) is 7.61. The van der Waals surface area contributed by atoms with Crippen LogP contribution in [0, 0.1) is 0 Å². The summed E-state index contributed by atoms with van der Waals surface area (Å²) in [6.07, 6.45) is 0. The van der Waals surface area contributed by atoms with Gasteiger partial charge in [0, 0.05) is 0 Å². The quantitative estimate of drug-likeness (QED) is 0.746. The zero-order valence-electron chi connectivity index (χ0n) is 8.49. The van der Waals surface area contributed by atoms with Crippen LogP contribution in [0.2, 0.25) is 0 Å². The van der Waals surface area contributed by atoms with Crippen molar-refractivity contribution in [1.29, 1.82) is 0 Å². The van der Waals surface area contributed by atoms with Gasteiger partial charge in [-0.15, -0.1) is 0 Å². The molecule has 0 aliphatic carbocycles. The van der Waals surface area contributed by atoms with Gasteiger partial charge in [0.05, 0.1) is 24.5 Å². The molecule has 1 N–H and O–H groups in total. The first kappa shape index (κ1) is 9.71. The predicted octanol–water partition coefficient (Wildman–Crippen LogP) is 1.75. The first-order valence-corrected chi connectivity index (χ1v) is 4.89. The van der Waals surface area contributed by atoms with E-state index in [0.717, 1.165) is 11.4 Å². The number of nitrogens with one attached hydrogen (secondary N) is 1. The maximum atomic E-state index is 11.4. The van der Waals surface area contributed by atoms with Gasteiger partial charge in [0.25, 0.3) is 0 Å². The SMILES string of the molecule is CCOC(=O)C1=Nc2ccccc2NC1. The highest BCUT2D eigenvalue weighted by atomic mass is 16.5. The Labute approximate surface area is 88.0 Å². The van der Waals surface area contributed by atoms with E-state index in [0.29, 0.717) is 18.9 Å². The minimum absolute atomic E-state index is 0.348. The van der Waals surface area contributed by atoms with E-state index < -0.39 is 0 Å². The van der Waals surface area contributed by atoms with E-state index in [1.54, 1.807) is 6.92 Å². The van der Waals surface area contributed by atoms with Gasteiger partial charge in [0.15, 0.2) is 0 Å². The molecule has 15 heavy (non-hydrogen) atoms. The Morgan fingerprint density at radius 2 is 2.33 bits per heavy atom. The van der Waals surface area contributed by atoms with Crippen molar-refractivity contribution in [3.63, 3.8) is 0 Å². The van der Waals surface area contributed by atoms with Crippen LogP contribution in [0.4, 0.5) is 11.4 Å². The second-order valence-electron chi connectivity index (χ2n) is 3.15. The molecular formula is C11H12N2O2. The fourth-order valence-electron chi connectivity index (χ4n) is 1.42. The number of aliphatic imine (C=N–C) groups is 1. The molecule has 0 unspecified atom stereocenters. The number of anilines is 1. The zero-order valence-corrected chi connectivity index (χ0v) is 8.49. The smallest absolute Gasteiger partial charge is 0.354 e. The van der Waals surface area contributed by atoms with Crippen LogP contribution in [0.5, 0.6) is 0 Å². The fraction of sp³-hybridized carbons (Fsp3) is 0.273. The van der Waals surface area contributed by atoms with E-state index in [4.69, 9.17) is 4.74 Å². The summed E-state index contributed by atoms with van der Waals surface area (Å²) in [5.74, 6) is -0.348. The second-order valence-corrected chi connectivity index (χ2v) is 3.15. The second kappa shape index (κ2) is 4.13. The van der Waals surface area contributed by atoms with Crippen LogP contribution in [0.25, 0.3) is 0 Å². The molecule has 0 saturated heterocycles. The standard InChI is InChI=1S/C11H12N2O2/c1-2-15-11(14)10-7-12-8-5-3-4-6-9(8)13-10/h3-6,12H,2,7H2,1H3. The number of ether oxygens (including phenoxy) is 1. The van der Waals surface area contributed by atoms with Gasteiger partial charge >= 0.3 is 5.97 Å². The molecule has 4 heteroatoms. The van der Waals surface area contributed by atoms with Gasteiger partial charge in [-0.2, -0.15) is 0 Å². The summed E-state index contributed by atoms with van der Waals surface area (Å²) in [6.45, 7) is 2.58. The third-order valence-electron chi connectivity index (χ3n) is 2.12. The Kier molecular flexibility index (Phi) is 2.67. The van der Waals surface area contributed by atoms with Crippen LogP contribution >= 0.6 is 0 Å². The number of fused-ring (bicyclic) bond motifs is 1. The van der Waals surface area contributed by atoms with E-state index in [9.17, 15) is 4.79 Å². The van der Waals surface area contributed by atoms with Gasteiger partial charge in [0.1, 0.15) is 5.71 Å². The van der Waals surface area contributed by atoms with Crippen molar-refractivity contribution in [3.05, 3.63) is 24.3 Å². The number of hydrogen-bond acceptors (Lipinski definition) is 4. The largest absolute Gasteiger partial charge is 0.461 e. The molecule has 0 saturated carbocycles. The molecule has 1 heterocycles. The van der Waals surface area contributed by atoms with Crippen molar-refractivity contribution in [1.82, 2.24) is 0 Å². The molecule has 0 aromatic heterocycles. The van der Waals surface area contributed by atoms with E-state index in [2.05, 4.69) is 10.3 Å². The van der Waals surface area contributed by atoms with Crippen LogP contribution in [0.3, 0.4) is 0 Å². The van der Waals surface area contributed by atoms with Gasteiger partial charge in [-0.1, -0.05) is 12.1 Å². The van der Waals surface area contributed by atoms with Crippen molar-refractivity contribution in [2.75, 3.05) is 18.5 Å². The number of hydrogen-bond donors (Lipinski definition) is 1. The van der Waals surface area contributed by atoms with Crippen LogP contribution in [0.1, 0.15) is 6.92 Å². The zero-order chi connectivity index (χ0) is 10.7.